The van der Waals surface area contributed by atoms with Gasteiger partial charge in [0.2, 0.25) is 0 Å². The zero-order valence-corrected chi connectivity index (χ0v) is 12.4. The molecule has 0 aliphatic rings. The minimum atomic E-state index is -0.0800. The molecule has 0 saturated heterocycles. The first-order valence-corrected chi connectivity index (χ1v) is 7.35. The number of benzene rings is 1. The van der Waals surface area contributed by atoms with Crippen molar-refractivity contribution in [2.24, 2.45) is 0 Å². The van der Waals surface area contributed by atoms with Gasteiger partial charge in [-0.1, -0.05) is 25.1 Å². The average Bonchev–Trinajstić information content (AvgIpc) is 3.22. The predicted molar refractivity (Wildman–Crippen MR) is 86.0 cm³/mol. The van der Waals surface area contributed by atoms with Crippen molar-refractivity contribution in [3.63, 3.8) is 0 Å². The summed E-state index contributed by atoms with van der Waals surface area (Å²) >= 11 is 0. The molecule has 0 unspecified atom stereocenters. The van der Waals surface area contributed by atoms with Crippen molar-refractivity contribution in [1.82, 2.24) is 20.1 Å². The third kappa shape index (κ3) is 2.93. The van der Waals surface area contributed by atoms with E-state index < -0.39 is 0 Å². The molecule has 2 aromatic heterocycles. The molecule has 2 N–H and O–H groups in total. The zero-order valence-electron chi connectivity index (χ0n) is 12.4. The Hall–Kier alpha value is -2.82. The Labute approximate surface area is 129 Å². The van der Waals surface area contributed by atoms with Crippen LogP contribution in [0.5, 0.6) is 0 Å². The molecule has 1 aromatic carbocycles. The number of rotatable bonds is 5. The van der Waals surface area contributed by atoms with Gasteiger partial charge in [-0.25, -0.2) is 4.68 Å². The Morgan fingerprint density at radius 1 is 1.23 bits per heavy atom. The van der Waals surface area contributed by atoms with Crippen molar-refractivity contribution < 1.29 is 4.79 Å². The standard InChI is InChI=1S/C17H18N4O/c1-2-10-18-17(22)16-9-8-15(20-16)13-11-19-21(12-13)14-6-4-3-5-7-14/h3-9,11-12,20H,2,10H2,1H3,(H,18,22). The quantitative estimate of drug-likeness (QED) is 0.760. The summed E-state index contributed by atoms with van der Waals surface area (Å²) in [5, 5.41) is 7.22. The fourth-order valence-corrected chi connectivity index (χ4v) is 2.21. The molecule has 5 heteroatoms. The Morgan fingerprint density at radius 3 is 2.82 bits per heavy atom. The fraction of sp³-hybridized carbons (Fsp3) is 0.176. The second-order valence-corrected chi connectivity index (χ2v) is 5.05. The number of para-hydroxylation sites is 1. The van der Waals surface area contributed by atoms with Gasteiger partial charge in [-0.2, -0.15) is 5.10 Å². The Morgan fingerprint density at radius 2 is 2.05 bits per heavy atom. The molecule has 3 aromatic rings. The lowest BCUT2D eigenvalue weighted by Crippen LogP contribution is -2.24. The van der Waals surface area contributed by atoms with E-state index in [4.69, 9.17) is 0 Å². The van der Waals surface area contributed by atoms with E-state index in [1.807, 2.05) is 54.2 Å². The lowest BCUT2D eigenvalue weighted by molar-refractivity contribution is 0.0949. The summed E-state index contributed by atoms with van der Waals surface area (Å²) in [6.07, 6.45) is 4.64. The van der Waals surface area contributed by atoms with Gasteiger partial charge in [0.1, 0.15) is 5.69 Å². The summed E-state index contributed by atoms with van der Waals surface area (Å²) < 4.78 is 1.81. The van der Waals surface area contributed by atoms with Gasteiger partial charge in [0.05, 0.1) is 11.9 Å². The first kappa shape index (κ1) is 14.1. The van der Waals surface area contributed by atoms with Crippen molar-refractivity contribution >= 4 is 5.91 Å². The number of carbonyl (C=O) groups excluding carboxylic acids is 1. The van der Waals surface area contributed by atoms with Crippen molar-refractivity contribution in [2.45, 2.75) is 13.3 Å². The maximum atomic E-state index is 11.9. The number of nitrogens with one attached hydrogen (secondary N) is 2. The topological polar surface area (TPSA) is 62.7 Å². The number of H-pyrrole nitrogens is 1. The van der Waals surface area contributed by atoms with Crippen molar-refractivity contribution in [2.75, 3.05) is 6.54 Å². The molecule has 1 amide bonds. The van der Waals surface area contributed by atoms with Crippen LogP contribution < -0.4 is 5.32 Å². The van der Waals surface area contributed by atoms with E-state index in [9.17, 15) is 4.79 Å². The molecule has 22 heavy (non-hydrogen) atoms. The van der Waals surface area contributed by atoms with Gasteiger partial charge in [-0.05, 0) is 30.7 Å². The van der Waals surface area contributed by atoms with Gasteiger partial charge >= 0.3 is 0 Å². The Balaban J connectivity index is 1.80. The van der Waals surface area contributed by atoms with Crippen LogP contribution in [0.2, 0.25) is 0 Å². The highest BCUT2D eigenvalue weighted by Crippen LogP contribution is 2.19. The predicted octanol–water partition coefficient (Wildman–Crippen LogP) is 3.01. The minimum absolute atomic E-state index is 0.0800. The monoisotopic (exact) mass is 294 g/mol. The van der Waals surface area contributed by atoms with Crippen molar-refractivity contribution in [3.8, 4) is 16.9 Å². The van der Waals surface area contributed by atoms with Crippen LogP contribution >= 0.6 is 0 Å². The van der Waals surface area contributed by atoms with Crippen LogP contribution in [-0.4, -0.2) is 27.2 Å². The summed E-state index contributed by atoms with van der Waals surface area (Å²) in [5.74, 6) is -0.0800. The molecular weight excluding hydrogens is 276 g/mol. The van der Waals surface area contributed by atoms with Crippen LogP contribution in [0.3, 0.4) is 0 Å². The molecule has 0 aliphatic carbocycles. The number of hydrogen-bond donors (Lipinski definition) is 2. The minimum Gasteiger partial charge on any atom is -0.351 e. The molecule has 0 fully saturated rings. The third-order valence-electron chi connectivity index (χ3n) is 3.38. The number of nitrogens with zero attached hydrogens (tertiary/aromatic N) is 2. The second-order valence-electron chi connectivity index (χ2n) is 5.05. The van der Waals surface area contributed by atoms with E-state index in [1.54, 1.807) is 12.3 Å². The van der Waals surface area contributed by atoms with E-state index in [2.05, 4.69) is 15.4 Å². The lowest BCUT2D eigenvalue weighted by Gasteiger charge is -2.00. The Bertz CT molecular complexity index is 758. The first-order valence-electron chi connectivity index (χ1n) is 7.35. The normalized spacial score (nSPS) is 10.6. The lowest BCUT2D eigenvalue weighted by atomic mass is 10.2. The molecular formula is C17H18N4O. The highest BCUT2D eigenvalue weighted by Gasteiger charge is 2.10. The van der Waals surface area contributed by atoms with Crippen LogP contribution in [0.25, 0.3) is 16.9 Å². The van der Waals surface area contributed by atoms with Crippen molar-refractivity contribution in [1.29, 1.82) is 0 Å². The average molecular weight is 294 g/mol. The van der Waals surface area contributed by atoms with E-state index in [0.717, 1.165) is 23.4 Å². The van der Waals surface area contributed by atoms with Crippen LogP contribution in [0.4, 0.5) is 0 Å². The summed E-state index contributed by atoms with van der Waals surface area (Å²) in [6.45, 7) is 2.71. The summed E-state index contributed by atoms with van der Waals surface area (Å²) in [7, 11) is 0. The SMILES string of the molecule is CCCNC(=O)c1ccc(-c2cnn(-c3ccccc3)c2)[nH]1. The maximum Gasteiger partial charge on any atom is 0.267 e. The van der Waals surface area contributed by atoms with Crippen LogP contribution in [-0.2, 0) is 0 Å². The van der Waals surface area contributed by atoms with Gasteiger partial charge in [-0.15, -0.1) is 0 Å². The molecule has 0 atom stereocenters. The van der Waals surface area contributed by atoms with E-state index >= 15 is 0 Å². The highest BCUT2D eigenvalue weighted by molar-refractivity contribution is 5.93. The zero-order chi connectivity index (χ0) is 15.4. The first-order chi connectivity index (χ1) is 10.8. The van der Waals surface area contributed by atoms with Crippen LogP contribution in [0.15, 0.2) is 54.9 Å². The molecule has 112 valence electrons. The number of hydrogen-bond acceptors (Lipinski definition) is 2. The molecule has 0 saturated carbocycles. The largest absolute Gasteiger partial charge is 0.351 e. The summed E-state index contributed by atoms with van der Waals surface area (Å²) in [5.41, 5.74) is 3.39. The van der Waals surface area contributed by atoms with Gasteiger partial charge in [0, 0.05) is 24.0 Å². The molecule has 0 spiro atoms. The van der Waals surface area contributed by atoms with Crippen LogP contribution in [0.1, 0.15) is 23.8 Å². The van der Waals surface area contributed by atoms with Gasteiger partial charge in [0.15, 0.2) is 0 Å². The summed E-state index contributed by atoms with van der Waals surface area (Å²) in [6, 6.07) is 13.6. The fourth-order valence-electron chi connectivity index (χ4n) is 2.21. The molecule has 0 bridgehead atoms. The van der Waals surface area contributed by atoms with Gasteiger partial charge < -0.3 is 10.3 Å². The highest BCUT2D eigenvalue weighted by atomic mass is 16.1. The molecule has 2 heterocycles. The van der Waals surface area contributed by atoms with E-state index in [1.165, 1.54) is 0 Å². The third-order valence-corrected chi connectivity index (χ3v) is 3.38. The van der Waals surface area contributed by atoms with Crippen LogP contribution in [0, 0.1) is 0 Å². The van der Waals surface area contributed by atoms with Crippen molar-refractivity contribution in [3.05, 3.63) is 60.6 Å². The van der Waals surface area contributed by atoms with Gasteiger partial charge in [-0.3, -0.25) is 4.79 Å². The number of amides is 1. The smallest absolute Gasteiger partial charge is 0.267 e. The maximum absolute atomic E-state index is 11.9. The second kappa shape index (κ2) is 6.30. The number of carbonyl (C=O) groups is 1. The number of aromatic nitrogens is 3. The Kier molecular flexibility index (Phi) is 4.05. The van der Waals surface area contributed by atoms with E-state index in [-0.39, 0.29) is 5.91 Å². The van der Waals surface area contributed by atoms with Gasteiger partial charge in [0.25, 0.3) is 5.91 Å². The number of aromatic amines is 1. The molecule has 3 rings (SSSR count). The molecule has 0 radical (unpaired) electrons. The molecule has 5 nitrogen and oxygen atoms in total. The van der Waals surface area contributed by atoms with E-state index in [0.29, 0.717) is 12.2 Å². The molecule has 0 aliphatic heterocycles. The summed E-state index contributed by atoms with van der Waals surface area (Å²) in [4.78, 5) is 15.0.